The average Bonchev–Trinajstić information content (AvgIpc) is 0.950. The lowest BCUT2D eigenvalue weighted by Crippen LogP contribution is -2.61. The van der Waals surface area contributed by atoms with Crippen molar-refractivity contribution in [1.29, 1.82) is 0 Å². The Balaban J connectivity index is 0.000000274. The third-order valence-corrected chi connectivity index (χ3v) is 36.2. The number of cyclic esters (lactones) is 2. The highest BCUT2D eigenvalue weighted by molar-refractivity contribution is 7.90. The van der Waals surface area contributed by atoms with Gasteiger partial charge in [0, 0.05) is 90.4 Å². The molecule has 6 saturated heterocycles. The van der Waals surface area contributed by atoms with Crippen LogP contribution in [0, 0.1) is 71.0 Å². The first-order valence-electron chi connectivity index (χ1n) is 52.7. The first-order chi connectivity index (χ1) is 68.4. The van der Waals surface area contributed by atoms with Gasteiger partial charge in [0.05, 0.1) is 48.0 Å². The highest BCUT2D eigenvalue weighted by Gasteiger charge is 2.57. The molecule has 10 aliphatic rings. The number of ketones is 4. The topological polar surface area (TPSA) is 460 Å². The van der Waals surface area contributed by atoms with Crippen LogP contribution in [-0.4, -0.2) is 306 Å². The van der Waals surface area contributed by atoms with Crippen molar-refractivity contribution in [3.8, 4) is 0 Å². The first-order valence-corrected chi connectivity index (χ1v) is 55.9. The molecule has 30 atom stereocenters. The van der Waals surface area contributed by atoms with Gasteiger partial charge in [-0.2, -0.15) is 8.61 Å². The molecule has 8 aliphatic heterocycles. The Labute approximate surface area is 852 Å². The molecular weight excluding hydrogens is 1890 g/mol. The minimum atomic E-state index is -3.54. The van der Waals surface area contributed by atoms with Gasteiger partial charge in [-0.3, -0.25) is 28.8 Å². The van der Waals surface area contributed by atoms with Crippen molar-refractivity contribution >= 4 is 66.9 Å². The largest absolute Gasteiger partial charge is 0.461 e. The number of aromatic nitrogens is 8. The Morgan fingerprint density at radius 1 is 0.431 bits per heavy atom. The van der Waals surface area contributed by atoms with Gasteiger partial charge < -0.3 is 68.1 Å². The zero-order chi connectivity index (χ0) is 105. The number of Topliss-reactive ketones (excluding diaryl/α,β-unsaturated/α-hetero) is 4. The number of piperidine rings is 2. The van der Waals surface area contributed by atoms with Crippen LogP contribution in [-0.2, 0) is 96.3 Å². The van der Waals surface area contributed by atoms with Crippen LogP contribution in [0.3, 0.4) is 0 Å². The molecule has 36 nitrogen and oxygen atoms in total. The number of allylic oxidation sites excluding steroid dienone is 12. The van der Waals surface area contributed by atoms with Crippen LogP contribution < -0.4 is 0 Å². The second-order valence-corrected chi connectivity index (χ2v) is 47.5. The molecule has 0 radical (unpaired) electrons. The summed E-state index contributed by atoms with van der Waals surface area (Å²) in [5.74, 6) is -13.4. The second kappa shape index (κ2) is 53.0. The van der Waals surface area contributed by atoms with E-state index in [0.717, 1.165) is 62.5 Å². The molecule has 144 heavy (non-hydrogen) atoms. The number of fused-ring (bicyclic) bond motifs is 6. The van der Waals surface area contributed by atoms with Gasteiger partial charge in [-0.05, 0) is 274 Å². The van der Waals surface area contributed by atoms with E-state index in [9.17, 15) is 75.6 Å². The summed E-state index contributed by atoms with van der Waals surface area (Å²) < 4.78 is 107. The van der Waals surface area contributed by atoms with Gasteiger partial charge in [0.25, 0.3) is 23.4 Å². The van der Waals surface area contributed by atoms with E-state index in [4.69, 9.17) is 37.9 Å². The Morgan fingerprint density at radius 3 is 1.15 bits per heavy atom. The van der Waals surface area contributed by atoms with Gasteiger partial charge in [0.15, 0.2) is 11.6 Å². The van der Waals surface area contributed by atoms with Crippen LogP contribution in [0.4, 0.5) is 0 Å². The predicted molar refractivity (Wildman–Crippen MR) is 538 cm³/mol. The van der Waals surface area contributed by atoms with Crippen LogP contribution in [0.5, 0.6) is 0 Å². The fourth-order valence-electron chi connectivity index (χ4n) is 23.4. The molecule has 0 aromatic carbocycles. The fourth-order valence-corrected chi connectivity index (χ4v) is 26.1. The molecule has 2 aliphatic carbocycles. The number of amides is 2. The van der Waals surface area contributed by atoms with E-state index in [-0.39, 0.29) is 133 Å². The van der Waals surface area contributed by atoms with E-state index in [1.54, 1.807) is 63.9 Å². The molecule has 12 rings (SSSR count). The van der Waals surface area contributed by atoms with Gasteiger partial charge in [-0.1, -0.05) is 153 Å². The summed E-state index contributed by atoms with van der Waals surface area (Å²) in [7, 11) is -0.847. The molecule has 10 heterocycles. The van der Waals surface area contributed by atoms with E-state index in [0.29, 0.717) is 114 Å². The maximum Gasteiger partial charge on any atom is 0.329 e. The number of tetrazole rings is 2. The van der Waals surface area contributed by atoms with Gasteiger partial charge in [-0.15, -0.1) is 10.2 Å². The molecule has 8 fully saturated rings. The Hall–Kier alpha value is -7.96. The van der Waals surface area contributed by atoms with Gasteiger partial charge in [0.2, 0.25) is 31.6 Å². The zero-order valence-electron chi connectivity index (χ0n) is 88.0. The van der Waals surface area contributed by atoms with Crippen molar-refractivity contribution in [3.05, 3.63) is 108 Å². The number of aliphatic hydroxyl groups excluding tert-OH is 2. The van der Waals surface area contributed by atoms with E-state index in [2.05, 4.69) is 44.9 Å². The highest BCUT2D eigenvalue weighted by Crippen LogP contribution is 2.45. The maximum atomic E-state index is 14.6. The number of methoxy groups -OCH3 is 4. The molecular formula is C106H164N12O24S2. The number of nitrogens with zero attached hydrogens (tertiary/aromatic N) is 12. The fraction of sp³-hybridized carbons (Fsp3) is 0.755. The van der Waals surface area contributed by atoms with Crippen LogP contribution in [0.15, 0.2) is 108 Å². The van der Waals surface area contributed by atoms with Gasteiger partial charge in [0.1, 0.15) is 61.4 Å². The number of rotatable bonds is 14. The molecule has 4 bridgehead atoms. The number of esters is 2. The Kier molecular flexibility index (Phi) is 42.8. The number of carbonyl (C=O) groups excluding carboxylic acids is 8. The van der Waals surface area contributed by atoms with Crippen LogP contribution in [0.2, 0.25) is 0 Å². The molecule has 2 unspecified atom stereocenters. The van der Waals surface area contributed by atoms with E-state index in [1.807, 2.05) is 128 Å². The molecule has 2 aromatic rings. The lowest BCUT2D eigenvalue weighted by atomic mass is 9.77. The molecule has 38 heteroatoms. The minimum absolute atomic E-state index is 0.00186. The predicted octanol–water partition coefficient (Wildman–Crippen LogP) is 11.7. The Bertz CT molecular complexity index is 4810. The van der Waals surface area contributed by atoms with Crippen molar-refractivity contribution < 1.29 is 114 Å². The van der Waals surface area contributed by atoms with E-state index < -0.39 is 164 Å². The summed E-state index contributed by atoms with van der Waals surface area (Å²) in [6.45, 7) is 27.2. The standard InChI is InChI=1S/2C53H82N6O12S/c2*1-33-15-11-10-12-16-35(3)44(59-25-26-72(59,66)67)31-41-21-19-39(7)53(65,71-41)50(62)51(63)57-24-14-13-17-43(57)52(64)70-45(23-18-34(2)28-38(6)48(61)49(69-9)47(60)37(5)27-33)36(4)29-40-20-22-42(46(30-40)68-8)58-32-54-55-56-58/h2*10-12,15-16,28,32-34,36-37,39-46,48-49,61,65H,13-14,17-27,29-31H2,1-9H3/b2*12-10+,15-11+,35-16+,38-28+/t2*33-,34+,36-,37-,39-,40+,41+,42+,43+,44?,45+,46-,48-,49+,53-/m11/s1. The molecule has 804 valence electrons. The molecule has 2 aromatic heterocycles. The van der Waals surface area contributed by atoms with Crippen molar-refractivity contribution in [3.63, 3.8) is 0 Å². The molecule has 2 saturated carbocycles. The first kappa shape index (κ1) is 116. The quantitative estimate of drug-likeness (QED) is 0.0775. The van der Waals surface area contributed by atoms with E-state index in [1.165, 1.54) is 32.6 Å². The maximum absolute atomic E-state index is 14.6. The summed E-state index contributed by atoms with van der Waals surface area (Å²) in [6.07, 6.45) is 32.2. The smallest absolute Gasteiger partial charge is 0.329 e. The van der Waals surface area contributed by atoms with E-state index >= 15 is 0 Å². The third kappa shape index (κ3) is 29.4. The minimum Gasteiger partial charge on any atom is -0.461 e. The SMILES string of the molecule is CO[C@@H]1C[C@H](C[C@@H](C)[C@@H]2CC[C@H](C)/C=C(\C)[C@@H](O)[C@@H](OC)C(=O)[C@H](C)C[C@H](C)/C=C/C=C/C=C(\C)C(N3CCS3(=O)=O)C[C@@H]3CC[C@@H](C)[C@@](O)(O3)C(=O)C(=O)N3CCCC[C@H]3C(=O)O2)CC[C@@H]1n1cnnn1.CO[C@@H]1C[C@H](C[C@@H](C)[C@@H]2CC[C@H](C)/C=C(\C)[C@@H](O)[C@@H](OC)C(=O)[C@H](C)C[C@H](C)/C=C/C=C/C=C(\C)C(N3CCS3(=O)=O)C[C@@H]3CC[C@@H](C)[C@@](O)(O3)C(=O)C(=O)N3CCCC[C@H]3C(=O)O2)CC[C@@H]1n1cnnn1. The summed E-state index contributed by atoms with van der Waals surface area (Å²) in [5, 5.41) is 71.0. The molecule has 2 amide bonds. The second-order valence-electron chi connectivity index (χ2n) is 43.4. The molecule has 4 N–H and O–H groups in total. The number of hydrogen-bond acceptors (Lipinski definition) is 30. The number of ether oxygens (including phenoxy) is 8. The van der Waals surface area contributed by atoms with Crippen molar-refractivity contribution in [2.75, 3.05) is 66.1 Å². The van der Waals surface area contributed by atoms with Crippen LogP contribution in [0.1, 0.15) is 276 Å². The third-order valence-electron chi connectivity index (χ3n) is 32.5. The number of aliphatic hydroxyl groups is 4. The summed E-state index contributed by atoms with van der Waals surface area (Å²) in [4.78, 5) is 117. The average molecular weight is 2050 g/mol. The monoisotopic (exact) mass is 2050 g/mol. The molecule has 0 spiro atoms. The zero-order valence-corrected chi connectivity index (χ0v) is 89.6. The van der Waals surface area contributed by atoms with Gasteiger partial charge in [-0.25, -0.2) is 35.8 Å². The normalized spacial score (nSPS) is 39.5. The number of hydrogen-bond donors (Lipinski definition) is 4. The van der Waals surface area contributed by atoms with Crippen molar-refractivity contribution in [1.82, 2.24) is 58.8 Å². The van der Waals surface area contributed by atoms with Crippen molar-refractivity contribution in [2.24, 2.45) is 71.0 Å². The number of carbonyl (C=O) groups is 8. The van der Waals surface area contributed by atoms with Crippen LogP contribution >= 0.6 is 0 Å². The number of sulfonamides is 2. The highest BCUT2D eigenvalue weighted by atomic mass is 32.2. The summed E-state index contributed by atoms with van der Waals surface area (Å²) in [5.41, 5.74) is 2.63. The van der Waals surface area contributed by atoms with Crippen LogP contribution in [0.25, 0.3) is 0 Å². The lowest BCUT2D eigenvalue weighted by Gasteiger charge is -2.44. The van der Waals surface area contributed by atoms with Crippen molar-refractivity contribution in [2.45, 2.75) is 373 Å². The summed E-state index contributed by atoms with van der Waals surface area (Å²) in [6, 6.07) is -3.46. The lowest BCUT2D eigenvalue weighted by molar-refractivity contribution is -0.264. The summed E-state index contributed by atoms with van der Waals surface area (Å²) >= 11 is 0. The van der Waals surface area contributed by atoms with Gasteiger partial charge >= 0.3 is 11.9 Å². The Morgan fingerprint density at radius 2 is 0.812 bits per heavy atom.